The van der Waals surface area contributed by atoms with E-state index >= 15 is 0 Å². The summed E-state index contributed by atoms with van der Waals surface area (Å²) in [6, 6.07) is 1.28. The molecule has 110 valence electrons. The highest BCUT2D eigenvalue weighted by molar-refractivity contribution is 6.32. The zero-order chi connectivity index (χ0) is 13.9. The molecule has 1 saturated carbocycles. The number of nitrogens with zero attached hydrogens (tertiary/aromatic N) is 3. The minimum absolute atomic E-state index is 0.446. The molecule has 6 heteroatoms. The van der Waals surface area contributed by atoms with Crippen molar-refractivity contribution in [1.29, 1.82) is 0 Å². The maximum absolute atomic E-state index is 6.19. The first-order valence-corrected chi connectivity index (χ1v) is 7.91. The maximum Gasteiger partial charge on any atom is 0.224 e. The maximum atomic E-state index is 6.19. The third-order valence-corrected chi connectivity index (χ3v) is 4.18. The van der Waals surface area contributed by atoms with Gasteiger partial charge in [0.15, 0.2) is 5.82 Å². The molecule has 2 aliphatic rings. The van der Waals surface area contributed by atoms with Gasteiger partial charge < -0.3 is 10.6 Å². The van der Waals surface area contributed by atoms with E-state index in [4.69, 9.17) is 11.6 Å². The van der Waals surface area contributed by atoms with Crippen molar-refractivity contribution in [3.63, 3.8) is 0 Å². The largest absolute Gasteiger partial charge is 0.365 e. The molecule has 2 heterocycles. The molecular weight excluding hydrogens is 274 g/mol. The fraction of sp³-hybridized carbons (Fsp3) is 0.714. The molecule has 1 atom stereocenters. The minimum Gasteiger partial charge on any atom is -0.365 e. The quantitative estimate of drug-likeness (QED) is 0.845. The van der Waals surface area contributed by atoms with E-state index in [-0.39, 0.29) is 0 Å². The van der Waals surface area contributed by atoms with E-state index in [9.17, 15) is 0 Å². The van der Waals surface area contributed by atoms with Gasteiger partial charge in [-0.2, -0.15) is 4.98 Å². The van der Waals surface area contributed by atoms with Gasteiger partial charge in [0, 0.05) is 31.7 Å². The van der Waals surface area contributed by atoms with Crippen LogP contribution in [0.15, 0.2) is 6.20 Å². The first-order chi connectivity index (χ1) is 9.76. The zero-order valence-electron chi connectivity index (χ0n) is 11.9. The van der Waals surface area contributed by atoms with Gasteiger partial charge in [-0.3, -0.25) is 4.90 Å². The van der Waals surface area contributed by atoms with Crippen molar-refractivity contribution in [2.24, 2.45) is 0 Å². The highest BCUT2D eigenvalue weighted by Crippen LogP contribution is 2.31. The lowest BCUT2D eigenvalue weighted by atomic mass is 10.2. The summed E-state index contributed by atoms with van der Waals surface area (Å²) in [6.07, 6.45) is 6.61. The molecule has 1 unspecified atom stereocenters. The Morgan fingerprint density at radius 1 is 1.40 bits per heavy atom. The van der Waals surface area contributed by atoms with Gasteiger partial charge in [-0.1, -0.05) is 18.5 Å². The molecule has 0 bridgehead atoms. The molecule has 0 aromatic carbocycles. The molecule has 1 aliphatic carbocycles. The van der Waals surface area contributed by atoms with Crippen molar-refractivity contribution in [2.75, 3.05) is 30.3 Å². The molecule has 5 nitrogen and oxygen atoms in total. The Labute approximate surface area is 125 Å². The predicted molar refractivity (Wildman–Crippen MR) is 82.4 cm³/mol. The van der Waals surface area contributed by atoms with E-state index in [1.807, 2.05) is 0 Å². The van der Waals surface area contributed by atoms with Crippen LogP contribution in [0.1, 0.15) is 32.6 Å². The van der Waals surface area contributed by atoms with Crippen molar-refractivity contribution < 1.29 is 0 Å². The number of aromatic nitrogens is 2. The van der Waals surface area contributed by atoms with Crippen molar-refractivity contribution in [1.82, 2.24) is 14.9 Å². The number of nitrogens with one attached hydrogen (secondary N) is 2. The van der Waals surface area contributed by atoms with Crippen molar-refractivity contribution in [3.8, 4) is 0 Å². The SMILES string of the molecule is CCCNc1ncc(Cl)c(NC2CCN(C3CC3)C2)n1. The summed E-state index contributed by atoms with van der Waals surface area (Å²) >= 11 is 6.19. The summed E-state index contributed by atoms with van der Waals surface area (Å²) in [5, 5.41) is 7.26. The van der Waals surface area contributed by atoms with Crippen LogP contribution in [0.2, 0.25) is 5.02 Å². The van der Waals surface area contributed by atoms with E-state index < -0.39 is 0 Å². The summed E-state index contributed by atoms with van der Waals surface area (Å²) in [6.45, 7) is 5.28. The molecule has 2 fully saturated rings. The molecule has 0 spiro atoms. The Bertz CT molecular complexity index is 463. The highest BCUT2D eigenvalue weighted by atomic mass is 35.5. The van der Waals surface area contributed by atoms with Gasteiger partial charge in [0.25, 0.3) is 0 Å². The van der Waals surface area contributed by atoms with E-state index in [0.29, 0.717) is 17.0 Å². The summed E-state index contributed by atoms with van der Waals surface area (Å²) in [7, 11) is 0. The summed E-state index contributed by atoms with van der Waals surface area (Å²) < 4.78 is 0. The topological polar surface area (TPSA) is 53.1 Å². The Hall–Kier alpha value is -1.07. The van der Waals surface area contributed by atoms with E-state index in [0.717, 1.165) is 37.8 Å². The van der Waals surface area contributed by atoms with Gasteiger partial charge in [-0.15, -0.1) is 0 Å². The second-order valence-electron chi connectivity index (χ2n) is 5.67. The van der Waals surface area contributed by atoms with Crippen LogP contribution in [0.3, 0.4) is 0 Å². The Morgan fingerprint density at radius 2 is 2.25 bits per heavy atom. The van der Waals surface area contributed by atoms with Crippen LogP contribution < -0.4 is 10.6 Å². The van der Waals surface area contributed by atoms with Crippen molar-refractivity contribution in [3.05, 3.63) is 11.2 Å². The minimum atomic E-state index is 0.446. The normalized spacial score (nSPS) is 23.0. The van der Waals surface area contributed by atoms with Crippen LogP contribution in [0.5, 0.6) is 0 Å². The van der Waals surface area contributed by atoms with Gasteiger partial charge in [0.05, 0.1) is 6.20 Å². The Balaban J connectivity index is 1.61. The van der Waals surface area contributed by atoms with Crippen molar-refractivity contribution in [2.45, 2.75) is 44.7 Å². The number of hydrogen-bond donors (Lipinski definition) is 2. The third-order valence-electron chi connectivity index (χ3n) is 3.90. The van der Waals surface area contributed by atoms with Gasteiger partial charge >= 0.3 is 0 Å². The monoisotopic (exact) mass is 295 g/mol. The molecule has 2 N–H and O–H groups in total. The average molecular weight is 296 g/mol. The van der Waals surface area contributed by atoms with Gasteiger partial charge in [0.2, 0.25) is 5.95 Å². The van der Waals surface area contributed by atoms with Crippen LogP contribution >= 0.6 is 11.6 Å². The Morgan fingerprint density at radius 3 is 3.00 bits per heavy atom. The summed E-state index contributed by atoms with van der Waals surface area (Å²) in [5.74, 6) is 1.40. The third kappa shape index (κ3) is 3.33. The molecule has 3 rings (SSSR count). The lowest BCUT2D eigenvalue weighted by molar-refractivity contribution is 0.326. The highest BCUT2D eigenvalue weighted by Gasteiger charge is 2.34. The summed E-state index contributed by atoms with van der Waals surface area (Å²) in [4.78, 5) is 11.2. The molecule has 20 heavy (non-hydrogen) atoms. The zero-order valence-corrected chi connectivity index (χ0v) is 12.7. The Kier molecular flexibility index (Phi) is 4.27. The van der Waals surface area contributed by atoms with Crippen molar-refractivity contribution >= 4 is 23.4 Å². The standard InChI is InChI=1S/C14H22ClN5/c1-2-6-16-14-17-8-12(15)13(19-14)18-10-5-7-20(9-10)11-3-4-11/h8,10-11H,2-7,9H2,1H3,(H2,16,17,18,19). The predicted octanol–water partition coefficient (Wildman–Crippen LogP) is 2.60. The average Bonchev–Trinajstić information content (AvgIpc) is 3.20. The van der Waals surface area contributed by atoms with Gasteiger partial charge in [-0.05, 0) is 25.7 Å². The van der Waals surface area contributed by atoms with Crippen LogP contribution in [-0.2, 0) is 0 Å². The second-order valence-corrected chi connectivity index (χ2v) is 6.08. The molecule has 1 aromatic rings. The number of hydrogen-bond acceptors (Lipinski definition) is 5. The van der Waals surface area contributed by atoms with Gasteiger partial charge in [0.1, 0.15) is 5.02 Å². The first-order valence-electron chi connectivity index (χ1n) is 7.53. The molecule has 1 aromatic heterocycles. The second kappa shape index (κ2) is 6.14. The molecule has 1 saturated heterocycles. The van der Waals surface area contributed by atoms with Crippen LogP contribution in [-0.4, -0.2) is 46.6 Å². The number of anilines is 2. The number of likely N-dealkylation sites (tertiary alicyclic amines) is 1. The fourth-order valence-corrected chi connectivity index (χ4v) is 2.81. The fourth-order valence-electron chi connectivity index (χ4n) is 2.66. The van der Waals surface area contributed by atoms with Crippen LogP contribution in [0, 0.1) is 0 Å². The van der Waals surface area contributed by atoms with Crippen LogP contribution in [0.4, 0.5) is 11.8 Å². The number of halogens is 1. The molecule has 1 aliphatic heterocycles. The van der Waals surface area contributed by atoms with E-state index in [1.165, 1.54) is 19.4 Å². The summed E-state index contributed by atoms with van der Waals surface area (Å²) in [5.41, 5.74) is 0. The van der Waals surface area contributed by atoms with E-state index in [2.05, 4.69) is 32.4 Å². The van der Waals surface area contributed by atoms with Crippen LogP contribution in [0.25, 0.3) is 0 Å². The smallest absolute Gasteiger partial charge is 0.224 e. The molecular formula is C14H22ClN5. The van der Waals surface area contributed by atoms with Gasteiger partial charge in [-0.25, -0.2) is 4.98 Å². The van der Waals surface area contributed by atoms with E-state index in [1.54, 1.807) is 6.20 Å². The first kappa shape index (κ1) is 13.9. The number of rotatable bonds is 6. The lowest BCUT2D eigenvalue weighted by Gasteiger charge is -2.17. The lowest BCUT2D eigenvalue weighted by Crippen LogP contribution is -2.28. The molecule has 0 amide bonds. The molecule has 0 radical (unpaired) electrons.